The standard InChI is InChI=1S/C16H20N4OS/c1-11(13-6-4-3-5-7-13)17-15(21)10-22-16-19-18-12(2)20(16)14-8-9-14/h3-7,11,14H,8-10H2,1-2H3,(H,17,21)/t11-/m0/s1. The Morgan fingerprint density at radius 2 is 2.09 bits per heavy atom. The summed E-state index contributed by atoms with van der Waals surface area (Å²) in [4.78, 5) is 12.1. The van der Waals surface area contributed by atoms with Gasteiger partial charge >= 0.3 is 0 Å². The van der Waals surface area contributed by atoms with Crippen molar-refractivity contribution in [3.8, 4) is 0 Å². The van der Waals surface area contributed by atoms with Crippen molar-refractivity contribution in [2.45, 2.75) is 43.9 Å². The largest absolute Gasteiger partial charge is 0.349 e. The number of amides is 1. The van der Waals surface area contributed by atoms with Gasteiger partial charge in [0, 0.05) is 6.04 Å². The molecule has 0 bridgehead atoms. The summed E-state index contributed by atoms with van der Waals surface area (Å²) in [6, 6.07) is 10.5. The Labute approximate surface area is 134 Å². The zero-order valence-corrected chi connectivity index (χ0v) is 13.6. The van der Waals surface area contributed by atoms with E-state index in [2.05, 4.69) is 20.1 Å². The molecule has 1 aromatic carbocycles. The van der Waals surface area contributed by atoms with Crippen molar-refractivity contribution < 1.29 is 4.79 Å². The zero-order valence-electron chi connectivity index (χ0n) is 12.8. The monoisotopic (exact) mass is 316 g/mol. The number of nitrogens with one attached hydrogen (secondary N) is 1. The lowest BCUT2D eigenvalue weighted by Crippen LogP contribution is -2.28. The van der Waals surface area contributed by atoms with E-state index in [1.165, 1.54) is 24.6 Å². The second-order valence-corrected chi connectivity index (χ2v) is 6.56. The number of hydrogen-bond donors (Lipinski definition) is 1. The Morgan fingerprint density at radius 3 is 2.77 bits per heavy atom. The van der Waals surface area contributed by atoms with E-state index in [4.69, 9.17) is 0 Å². The molecule has 1 heterocycles. The number of aromatic nitrogens is 3. The van der Waals surface area contributed by atoms with Crippen LogP contribution < -0.4 is 5.32 Å². The molecular formula is C16H20N4OS. The molecule has 1 amide bonds. The van der Waals surface area contributed by atoms with Crippen molar-refractivity contribution >= 4 is 17.7 Å². The molecule has 2 aromatic rings. The average molecular weight is 316 g/mol. The van der Waals surface area contributed by atoms with Gasteiger partial charge in [-0.3, -0.25) is 4.79 Å². The normalized spacial score (nSPS) is 15.5. The number of hydrogen-bond acceptors (Lipinski definition) is 4. The third kappa shape index (κ3) is 3.50. The van der Waals surface area contributed by atoms with E-state index in [9.17, 15) is 4.79 Å². The van der Waals surface area contributed by atoms with Gasteiger partial charge in [-0.1, -0.05) is 42.1 Å². The van der Waals surface area contributed by atoms with Crippen LogP contribution in [0.15, 0.2) is 35.5 Å². The highest BCUT2D eigenvalue weighted by molar-refractivity contribution is 7.99. The lowest BCUT2D eigenvalue weighted by Gasteiger charge is -2.14. The molecule has 1 fully saturated rings. The second-order valence-electron chi connectivity index (χ2n) is 5.62. The number of aryl methyl sites for hydroxylation is 1. The van der Waals surface area contributed by atoms with Gasteiger partial charge in [0.1, 0.15) is 5.82 Å². The van der Waals surface area contributed by atoms with E-state index in [-0.39, 0.29) is 11.9 Å². The van der Waals surface area contributed by atoms with E-state index in [1.807, 2.05) is 44.2 Å². The third-order valence-electron chi connectivity index (χ3n) is 3.76. The van der Waals surface area contributed by atoms with Gasteiger partial charge in [-0.05, 0) is 32.3 Å². The van der Waals surface area contributed by atoms with Crippen LogP contribution in [-0.4, -0.2) is 26.4 Å². The Morgan fingerprint density at radius 1 is 1.36 bits per heavy atom. The van der Waals surface area contributed by atoms with Gasteiger partial charge in [0.2, 0.25) is 5.91 Å². The molecule has 1 atom stereocenters. The molecule has 1 aromatic heterocycles. The number of benzene rings is 1. The Balaban J connectivity index is 1.54. The van der Waals surface area contributed by atoms with E-state index in [0.29, 0.717) is 11.8 Å². The number of carbonyl (C=O) groups excluding carboxylic acids is 1. The minimum Gasteiger partial charge on any atom is -0.349 e. The number of nitrogens with zero attached hydrogens (tertiary/aromatic N) is 3. The minimum atomic E-state index is 0.0114. The van der Waals surface area contributed by atoms with Crippen LogP contribution in [0, 0.1) is 6.92 Å². The van der Waals surface area contributed by atoms with Crippen molar-refractivity contribution in [2.75, 3.05) is 5.75 Å². The van der Waals surface area contributed by atoms with Gasteiger partial charge in [0.05, 0.1) is 11.8 Å². The van der Waals surface area contributed by atoms with E-state index in [1.54, 1.807) is 0 Å². The lowest BCUT2D eigenvalue weighted by atomic mass is 10.1. The second kappa shape index (κ2) is 6.52. The predicted molar refractivity (Wildman–Crippen MR) is 86.8 cm³/mol. The zero-order chi connectivity index (χ0) is 15.5. The van der Waals surface area contributed by atoms with Gasteiger partial charge in [0.15, 0.2) is 5.16 Å². The Hall–Kier alpha value is -1.82. The summed E-state index contributed by atoms with van der Waals surface area (Å²) in [5.74, 6) is 1.31. The fourth-order valence-corrected chi connectivity index (χ4v) is 3.30. The lowest BCUT2D eigenvalue weighted by molar-refractivity contribution is -0.119. The highest BCUT2D eigenvalue weighted by Crippen LogP contribution is 2.38. The summed E-state index contributed by atoms with van der Waals surface area (Å²) < 4.78 is 2.15. The molecule has 0 aliphatic heterocycles. The molecule has 0 radical (unpaired) electrons. The van der Waals surface area contributed by atoms with Crippen LogP contribution in [0.4, 0.5) is 0 Å². The molecule has 0 saturated heterocycles. The van der Waals surface area contributed by atoms with Crippen LogP contribution in [0.1, 0.15) is 43.2 Å². The van der Waals surface area contributed by atoms with Crippen LogP contribution >= 0.6 is 11.8 Å². The van der Waals surface area contributed by atoms with Crippen molar-refractivity contribution in [3.63, 3.8) is 0 Å². The Bertz CT molecular complexity index is 651. The van der Waals surface area contributed by atoms with E-state index in [0.717, 1.165) is 16.5 Å². The molecule has 5 nitrogen and oxygen atoms in total. The molecular weight excluding hydrogens is 296 g/mol. The highest BCUT2D eigenvalue weighted by atomic mass is 32.2. The fraction of sp³-hybridized carbons (Fsp3) is 0.438. The molecule has 1 aliphatic rings. The molecule has 3 rings (SSSR count). The van der Waals surface area contributed by atoms with Crippen molar-refractivity contribution in [1.29, 1.82) is 0 Å². The summed E-state index contributed by atoms with van der Waals surface area (Å²) in [5.41, 5.74) is 1.11. The number of carbonyl (C=O) groups is 1. The maximum Gasteiger partial charge on any atom is 0.230 e. The quantitative estimate of drug-likeness (QED) is 0.833. The molecule has 116 valence electrons. The summed E-state index contributed by atoms with van der Waals surface area (Å²) in [6.07, 6.45) is 2.37. The summed E-state index contributed by atoms with van der Waals surface area (Å²) in [6.45, 7) is 3.96. The van der Waals surface area contributed by atoms with Crippen LogP contribution in [-0.2, 0) is 4.79 Å². The van der Waals surface area contributed by atoms with Crippen LogP contribution in [0.3, 0.4) is 0 Å². The fourth-order valence-electron chi connectivity index (χ4n) is 2.44. The van der Waals surface area contributed by atoms with Crippen molar-refractivity contribution in [2.24, 2.45) is 0 Å². The summed E-state index contributed by atoms with van der Waals surface area (Å²) in [5, 5.41) is 12.2. The Kier molecular flexibility index (Phi) is 4.47. The maximum absolute atomic E-state index is 12.1. The molecule has 0 unspecified atom stereocenters. The smallest absolute Gasteiger partial charge is 0.230 e. The first-order chi connectivity index (χ1) is 10.6. The van der Waals surface area contributed by atoms with Crippen LogP contribution in [0.5, 0.6) is 0 Å². The molecule has 1 N–H and O–H groups in total. The molecule has 0 spiro atoms. The minimum absolute atomic E-state index is 0.0114. The van der Waals surface area contributed by atoms with Crippen LogP contribution in [0.2, 0.25) is 0 Å². The van der Waals surface area contributed by atoms with Gasteiger partial charge in [0.25, 0.3) is 0 Å². The third-order valence-corrected chi connectivity index (χ3v) is 4.70. The first-order valence-corrected chi connectivity index (χ1v) is 8.52. The highest BCUT2D eigenvalue weighted by Gasteiger charge is 2.28. The SMILES string of the molecule is Cc1nnc(SCC(=O)N[C@@H](C)c2ccccc2)n1C1CC1. The first kappa shape index (κ1) is 15.1. The number of rotatable bonds is 6. The predicted octanol–water partition coefficient (Wildman–Crippen LogP) is 2.89. The number of thioether (sulfide) groups is 1. The van der Waals surface area contributed by atoms with Gasteiger partial charge in [-0.2, -0.15) is 0 Å². The van der Waals surface area contributed by atoms with Crippen molar-refractivity contribution in [3.05, 3.63) is 41.7 Å². The average Bonchev–Trinajstić information content (AvgIpc) is 3.29. The van der Waals surface area contributed by atoms with Gasteiger partial charge in [-0.15, -0.1) is 10.2 Å². The van der Waals surface area contributed by atoms with E-state index < -0.39 is 0 Å². The molecule has 6 heteroatoms. The maximum atomic E-state index is 12.1. The summed E-state index contributed by atoms with van der Waals surface area (Å²) >= 11 is 1.46. The van der Waals surface area contributed by atoms with E-state index >= 15 is 0 Å². The molecule has 22 heavy (non-hydrogen) atoms. The van der Waals surface area contributed by atoms with Crippen LogP contribution in [0.25, 0.3) is 0 Å². The molecule has 1 saturated carbocycles. The van der Waals surface area contributed by atoms with Crippen molar-refractivity contribution in [1.82, 2.24) is 20.1 Å². The molecule has 1 aliphatic carbocycles. The topological polar surface area (TPSA) is 59.8 Å². The van der Waals surface area contributed by atoms with Gasteiger partial charge in [-0.25, -0.2) is 0 Å². The summed E-state index contributed by atoms with van der Waals surface area (Å²) in [7, 11) is 0. The van der Waals surface area contributed by atoms with Gasteiger partial charge < -0.3 is 9.88 Å². The first-order valence-electron chi connectivity index (χ1n) is 7.53.